The van der Waals surface area contributed by atoms with Crippen molar-refractivity contribution in [3.63, 3.8) is 0 Å². The fraction of sp³-hybridized carbons (Fsp3) is 0.571. The molecule has 0 aliphatic carbocycles. The predicted octanol–water partition coefficient (Wildman–Crippen LogP) is 1.02. The zero-order chi connectivity index (χ0) is 13.9. The first-order valence-corrected chi connectivity index (χ1v) is 7.13. The number of aromatic amines is 1. The second-order valence-electron chi connectivity index (χ2n) is 5.44. The van der Waals surface area contributed by atoms with Gasteiger partial charge in [0.05, 0.1) is 17.9 Å². The van der Waals surface area contributed by atoms with E-state index in [0.29, 0.717) is 12.5 Å². The summed E-state index contributed by atoms with van der Waals surface area (Å²) in [6.07, 6.45) is 6.98. The maximum atomic E-state index is 8.98. The third-order valence-electron chi connectivity index (χ3n) is 3.88. The zero-order valence-corrected chi connectivity index (χ0v) is 11.8. The number of hydrogen-bond acceptors (Lipinski definition) is 4. The molecule has 1 aliphatic heterocycles. The summed E-state index contributed by atoms with van der Waals surface area (Å²) in [5.41, 5.74) is 3.34. The van der Waals surface area contributed by atoms with Crippen molar-refractivity contribution < 1.29 is 5.11 Å². The lowest BCUT2D eigenvalue weighted by molar-refractivity contribution is 0.244. The lowest BCUT2D eigenvalue weighted by atomic mass is 10.1. The van der Waals surface area contributed by atoms with Gasteiger partial charge in [-0.1, -0.05) is 0 Å². The van der Waals surface area contributed by atoms with Gasteiger partial charge in [-0.05, 0) is 25.5 Å². The topological polar surface area (TPSA) is 70.0 Å². The third-order valence-corrected chi connectivity index (χ3v) is 3.88. The number of likely N-dealkylation sites (tertiary alicyclic amines) is 1. The van der Waals surface area contributed by atoms with Crippen LogP contribution in [0.15, 0.2) is 18.5 Å². The third kappa shape index (κ3) is 2.76. The van der Waals surface area contributed by atoms with Crippen molar-refractivity contribution in [3.05, 3.63) is 35.4 Å². The van der Waals surface area contributed by atoms with Crippen LogP contribution >= 0.6 is 0 Å². The normalized spacial score (nSPS) is 19.8. The van der Waals surface area contributed by atoms with E-state index in [9.17, 15) is 0 Å². The molecule has 6 heteroatoms. The van der Waals surface area contributed by atoms with Gasteiger partial charge < -0.3 is 5.11 Å². The number of aliphatic hydroxyl groups excluding tert-OH is 1. The number of nitrogens with one attached hydrogen (secondary N) is 1. The molecule has 0 unspecified atom stereocenters. The summed E-state index contributed by atoms with van der Waals surface area (Å²) in [5, 5.41) is 20.6. The minimum absolute atomic E-state index is 0.158. The molecular formula is C14H21N5O. The summed E-state index contributed by atoms with van der Waals surface area (Å²) in [7, 11) is 1.94. The molecule has 20 heavy (non-hydrogen) atoms. The van der Waals surface area contributed by atoms with E-state index in [1.54, 1.807) is 0 Å². The SMILES string of the molecule is Cn1cc(CN2CCC[C@@H]2c2cc(CCO)[nH]n2)cn1. The highest BCUT2D eigenvalue weighted by Gasteiger charge is 2.28. The number of aliphatic hydroxyl groups is 1. The van der Waals surface area contributed by atoms with Crippen LogP contribution in [0.1, 0.15) is 35.8 Å². The molecule has 2 N–H and O–H groups in total. The standard InChI is InChI=1S/C14H21N5O/c1-18-9-11(8-15-18)10-19-5-2-3-14(19)13-7-12(4-6-20)16-17-13/h7-9,14,20H,2-6,10H2,1H3,(H,16,17)/t14-/m1/s1. The van der Waals surface area contributed by atoms with Crippen LogP contribution in [-0.2, 0) is 20.0 Å². The van der Waals surface area contributed by atoms with Crippen LogP contribution in [-0.4, -0.2) is 43.1 Å². The Morgan fingerprint density at radius 3 is 3.15 bits per heavy atom. The Bertz CT molecular complexity index is 561. The van der Waals surface area contributed by atoms with Crippen LogP contribution in [0.25, 0.3) is 0 Å². The van der Waals surface area contributed by atoms with Gasteiger partial charge in [0.2, 0.25) is 0 Å². The Labute approximate surface area is 118 Å². The minimum atomic E-state index is 0.158. The number of rotatable bonds is 5. The van der Waals surface area contributed by atoms with Crippen molar-refractivity contribution in [2.45, 2.75) is 31.8 Å². The Kier molecular flexibility index (Phi) is 3.84. The van der Waals surface area contributed by atoms with E-state index in [1.807, 2.05) is 17.9 Å². The molecule has 2 aromatic rings. The van der Waals surface area contributed by atoms with E-state index in [2.05, 4.69) is 32.5 Å². The quantitative estimate of drug-likeness (QED) is 0.854. The van der Waals surface area contributed by atoms with Crippen LogP contribution < -0.4 is 0 Å². The van der Waals surface area contributed by atoms with Gasteiger partial charge in [0.25, 0.3) is 0 Å². The molecule has 0 spiro atoms. The Hall–Kier alpha value is -1.66. The van der Waals surface area contributed by atoms with Gasteiger partial charge in [-0.2, -0.15) is 10.2 Å². The van der Waals surface area contributed by atoms with Crippen LogP contribution in [0.4, 0.5) is 0 Å². The lowest BCUT2D eigenvalue weighted by Gasteiger charge is -2.22. The van der Waals surface area contributed by atoms with Crippen molar-refractivity contribution in [1.29, 1.82) is 0 Å². The second kappa shape index (κ2) is 5.76. The number of aromatic nitrogens is 4. The Balaban J connectivity index is 1.71. The maximum absolute atomic E-state index is 8.98. The first-order chi connectivity index (χ1) is 9.76. The van der Waals surface area contributed by atoms with E-state index < -0.39 is 0 Å². The van der Waals surface area contributed by atoms with Crippen LogP contribution in [0.2, 0.25) is 0 Å². The molecule has 1 fully saturated rings. The molecule has 2 aromatic heterocycles. The highest BCUT2D eigenvalue weighted by atomic mass is 16.3. The highest BCUT2D eigenvalue weighted by molar-refractivity contribution is 5.15. The molecule has 3 rings (SSSR count). The summed E-state index contributed by atoms with van der Waals surface area (Å²) in [6.45, 7) is 2.17. The van der Waals surface area contributed by atoms with Gasteiger partial charge in [0.15, 0.2) is 0 Å². The van der Waals surface area contributed by atoms with E-state index >= 15 is 0 Å². The molecule has 1 aliphatic rings. The summed E-state index contributed by atoms with van der Waals surface area (Å²) < 4.78 is 1.84. The van der Waals surface area contributed by atoms with Gasteiger partial charge in [-0.25, -0.2) is 0 Å². The van der Waals surface area contributed by atoms with Gasteiger partial charge in [-0.15, -0.1) is 0 Å². The minimum Gasteiger partial charge on any atom is -0.396 e. The molecule has 6 nitrogen and oxygen atoms in total. The summed E-state index contributed by atoms with van der Waals surface area (Å²) in [6, 6.07) is 2.46. The van der Waals surface area contributed by atoms with Crippen LogP contribution in [0.5, 0.6) is 0 Å². The summed E-state index contributed by atoms with van der Waals surface area (Å²) in [4.78, 5) is 2.45. The second-order valence-corrected chi connectivity index (χ2v) is 5.44. The molecule has 0 saturated carbocycles. The van der Waals surface area contributed by atoms with Gasteiger partial charge in [0.1, 0.15) is 0 Å². The van der Waals surface area contributed by atoms with E-state index in [4.69, 9.17) is 5.11 Å². The largest absolute Gasteiger partial charge is 0.396 e. The van der Waals surface area contributed by atoms with Crippen molar-refractivity contribution >= 4 is 0 Å². The Morgan fingerprint density at radius 2 is 2.40 bits per heavy atom. The fourth-order valence-electron chi connectivity index (χ4n) is 2.94. The molecule has 0 amide bonds. The predicted molar refractivity (Wildman–Crippen MR) is 75.0 cm³/mol. The molecule has 1 saturated heterocycles. The molecular weight excluding hydrogens is 254 g/mol. The molecule has 0 aromatic carbocycles. The number of nitrogens with zero attached hydrogens (tertiary/aromatic N) is 4. The number of hydrogen-bond donors (Lipinski definition) is 2. The van der Waals surface area contributed by atoms with Gasteiger partial charge >= 0.3 is 0 Å². The van der Waals surface area contributed by atoms with Crippen molar-refractivity contribution in [1.82, 2.24) is 24.9 Å². The van der Waals surface area contributed by atoms with E-state index in [1.165, 1.54) is 12.0 Å². The molecule has 108 valence electrons. The zero-order valence-electron chi connectivity index (χ0n) is 11.8. The first-order valence-electron chi connectivity index (χ1n) is 7.13. The Morgan fingerprint density at radius 1 is 1.50 bits per heavy atom. The number of H-pyrrole nitrogens is 1. The van der Waals surface area contributed by atoms with E-state index in [0.717, 1.165) is 30.9 Å². The number of aryl methyl sites for hydroxylation is 1. The smallest absolute Gasteiger partial charge is 0.0796 e. The maximum Gasteiger partial charge on any atom is 0.0796 e. The summed E-state index contributed by atoms with van der Waals surface area (Å²) in [5.74, 6) is 0. The molecule has 0 bridgehead atoms. The average molecular weight is 275 g/mol. The van der Waals surface area contributed by atoms with E-state index in [-0.39, 0.29) is 6.61 Å². The summed E-state index contributed by atoms with van der Waals surface area (Å²) >= 11 is 0. The highest BCUT2D eigenvalue weighted by Crippen LogP contribution is 2.32. The molecule has 0 radical (unpaired) electrons. The lowest BCUT2D eigenvalue weighted by Crippen LogP contribution is -2.22. The fourth-order valence-corrected chi connectivity index (χ4v) is 2.94. The van der Waals surface area contributed by atoms with Crippen molar-refractivity contribution in [2.24, 2.45) is 7.05 Å². The van der Waals surface area contributed by atoms with Crippen molar-refractivity contribution in [3.8, 4) is 0 Å². The molecule has 1 atom stereocenters. The van der Waals surface area contributed by atoms with Crippen LogP contribution in [0.3, 0.4) is 0 Å². The molecule has 3 heterocycles. The monoisotopic (exact) mass is 275 g/mol. The average Bonchev–Trinajstić information content (AvgIpc) is 3.12. The van der Waals surface area contributed by atoms with Gasteiger partial charge in [-0.3, -0.25) is 14.7 Å². The van der Waals surface area contributed by atoms with Crippen molar-refractivity contribution in [2.75, 3.05) is 13.2 Å². The van der Waals surface area contributed by atoms with Gasteiger partial charge in [0, 0.05) is 44.1 Å². The first kappa shape index (κ1) is 13.3. The van der Waals surface area contributed by atoms with Crippen LogP contribution in [0, 0.1) is 0 Å².